The number of phenolic OH excluding ortho intramolecular Hbond substituents is 4. The summed E-state index contributed by atoms with van der Waals surface area (Å²) in [7, 11) is 0. The Hall–Kier alpha value is -3.43. The van der Waals surface area contributed by atoms with E-state index in [-0.39, 0.29) is 44.7 Å². The molecule has 5 nitrogen and oxygen atoms in total. The molecule has 0 saturated carbocycles. The van der Waals surface area contributed by atoms with Gasteiger partial charge in [-0.25, -0.2) is 0 Å². The number of hydrogen-bond acceptors (Lipinski definition) is 5. The van der Waals surface area contributed by atoms with Crippen LogP contribution in [0, 0.1) is 55.4 Å². The molecule has 0 spiro atoms. The molecule has 4 aromatic carbocycles. The van der Waals surface area contributed by atoms with E-state index in [0.717, 1.165) is 89.0 Å². The fraction of sp³-hybridized carbons (Fsp3) is 0.500. The van der Waals surface area contributed by atoms with E-state index >= 15 is 0 Å². The van der Waals surface area contributed by atoms with Gasteiger partial charge in [-0.2, -0.15) is 0 Å². The van der Waals surface area contributed by atoms with Crippen molar-refractivity contribution in [2.24, 2.45) is 0 Å². The molecule has 4 rings (SSSR count). The van der Waals surface area contributed by atoms with Gasteiger partial charge in [0, 0.05) is 44.5 Å². The van der Waals surface area contributed by atoms with Crippen molar-refractivity contribution in [2.45, 2.75) is 160 Å². The van der Waals surface area contributed by atoms with Gasteiger partial charge in [0.25, 0.3) is 0 Å². The molecule has 54 heavy (non-hydrogen) atoms. The van der Waals surface area contributed by atoms with Crippen molar-refractivity contribution in [3.8, 4) is 45.3 Å². The van der Waals surface area contributed by atoms with Gasteiger partial charge < -0.3 is 20.4 Å². The van der Waals surface area contributed by atoms with Gasteiger partial charge in [-0.3, -0.25) is 0 Å². The van der Waals surface area contributed by atoms with Crippen molar-refractivity contribution in [3.05, 3.63) is 91.0 Å². The average Bonchev–Trinajstić information content (AvgIpc) is 3.02. The predicted octanol–water partition coefficient (Wildman–Crippen LogP) is 13.1. The molecule has 0 fully saturated rings. The zero-order valence-electron chi connectivity index (χ0n) is 36.9. The molecule has 0 aliphatic heterocycles. The first-order valence-corrected chi connectivity index (χ1v) is 19.7. The molecule has 0 amide bonds. The van der Waals surface area contributed by atoms with Crippen LogP contribution in [0.2, 0.25) is 0 Å². The summed E-state index contributed by atoms with van der Waals surface area (Å²) in [5, 5.41) is 44.8. The van der Waals surface area contributed by atoms with Crippen molar-refractivity contribution >= 4 is 0 Å². The van der Waals surface area contributed by atoms with E-state index < -0.39 is 0 Å². The van der Waals surface area contributed by atoms with Gasteiger partial charge in [-0.1, -0.05) is 107 Å². The van der Waals surface area contributed by atoms with Gasteiger partial charge in [0.05, 0.1) is 0 Å². The van der Waals surface area contributed by atoms with E-state index in [2.05, 4.69) is 135 Å². The molecule has 0 saturated heterocycles. The van der Waals surface area contributed by atoms with Gasteiger partial charge in [-0.15, -0.1) is 0 Å². The minimum absolute atomic E-state index is 0.183. The van der Waals surface area contributed by atoms with Gasteiger partial charge in [0.1, 0.15) is 23.0 Å². The van der Waals surface area contributed by atoms with Crippen LogP contribution < -0.4 is 0 Å². The van der Waals surface area contributed by atoms with Crippen LogP contribution in [0.15, 0.2) is 24.3 Å². The molecule has 0 aliphatic carbocycles. The van der Waals surface area contributed by atoms with E-state index in [1.807, 2.05) is 27.7 Å². The molecule has 0 atom stereocenters. The van der Waals surface area contributed by atoms with Crippen LogP contribution in [0.1, 0.15) is 150 Å². The summed E-state index contributed by atoms with van der Waals surface area (Å²) in [4.78, 5) is 0. The van der Waals surface area contributed by atoms with Crippen LogP contribution in [0.4, 0.5) is 0 Å². The summed E-state index contributed by atoms with van der Waals surface area (Å²) < 4.78 is 8.26. The van der Waals surface area contributed by atoms with E-state index in [0.29, 0.717) is 19.8 Å². The van der Waals surface area contributed by atoms with Gasteiger partial charge in [0.15, 0.2) is 0 Å². The van der Waals surface area contributed by atoms with Crippen LogP contribution in [0.25, 0.3) is 22.3 Å². The fourth-order valence-corrected chi connectivity index (χ4v) is 7.12. The first-order chi connectivity index (χ1) is 24.3. The zero-order valence-corrected chi connectivity index (χ0v) is 38.9. The second-order valence-corrected chi connectivity index (χ2v) is 19.4. The number of aryl methyl sites for hydroxylation is 4. The van der Waals surface area contributed by atoms with Crippen molar-refractivity contribution in [3.63, 3.8) is 0 Å². The minimum atomic E-state index is -0.183. The topological polar surface area (TPSA) is 98.0 Å². The van der Waals surface area contributed by atoms with Gasteiger partial charge in [0.2, 0.25) is 0 Å². The maximum absolute atomic E-state index is 11.2. The van der Waals surface area contributed by atoms with E-state index in [9.17, 15) is 20.4 Å². The molecule has 0 heterocycles. The Morgan fingerprint density at radius 1 is 0.333 bits per heavy atom. The Bertz CT molecular complexity index is 1750. The fourth-order valence-electron chi connectivity index (χ4n) is 7.12. The SMILES string of the molecule is Cc1cc(C(C)(C)C)c(O)c(-c2c(C)c(C)cc(C(C)(C)C)c2O)c1C.Cc1cc(C(C)(C)C)c(O)c(-c2c(C)c(C)cc(C(C)(C)C)c2O)c1C.[O]=[Mo]. The Labute approximate surface area is 338 Å². The van der Waals surface area contributed by atoms with Crippen molar-refractivity contribution in [2.75, 3.05) is 0 Å². The molecule has 0 unspecified atom stereocenters. The Morgan fingerprint density at radius 3 is 0.574 bits per heavy atom. The monoisotopic (exact) mass is 822 g/mol. The van der Waals surface area contributed by atoms with Crippen LogP contribution in [-0.4, -0.2) is 20.4 Å². The van der Waals surface area contributed by atoms with Crippen LogP contribution in [0.3, 0.4) is 0 Å². The van der Waals surface area contributed by atoms with E-state index in [1.54, 1.807) is 0 Å². The standard InChI is InChI=1S/2C24H34O2.Mo.O/c2*1-13-11-17(23(5,6)7)21(25)19(15(13)3)20-16(4)14(2)12-18(22(20)26)24(8,9)10;;/h2*11-12,25-26H,1-10H3;;. The molecule has 0 radical (unpaired) electrons. The first kappa shape index (κ1) is 46.7. The molecule has 0 aliphatic rings. The molecule has 0 aromatic heterocycles. The number of benzene rings is 4. The third kappa shape index (κ3) is 9.32. The van der Waals surface area contributed by atoms with E-state index in [1.165, 1.54) is 0 Å². The third-order valence-corrected chi connectivity index (χ3v) is 11.0. The molecular weight excluding hydrogens is 752 g/mol. The number of rotatable bonds is 2. The normalized spacial score (nSPS) is 12.1. The van der Waals surface area contributed by atoms with Crippen molar-refractivity contribution < 1.29 is 43.6 Å². The van der Waals surface area contributed by atoms with Crippen LogP contribution >= 0.6 is 0 Å². The Balaban J connectivity index is 0.000000357. The van der Waals surface area contributed by atoms with Crippen LogP contribution in [0.5, 0.6) is 23.0 Å². The summed E-state index contributed by atoms with van der Waals surface area (Å²) in [5.74, 6) is 1.13. The number of aromatic hydroxyl groups is 4. The zero-order chi connectivity index (χ0) is 42.4. The van der Waals surface area contributed by atoms with Gasteiger partial charge in [-0.05, 0) is 122 Å². The molecule has 0 bridgehead atoms. The van der Waals surface area contributed by atoms with Crippen molar-refractivity contribution in [1.29, 1.82) is 0 Å². The molecule has 4 N–H and O–H groups in total. The summed E-state index contributed by atoms with van der Waals surface area (Å²) in [6, 6.07) is 8.28. The molecular formula is C48H68MoO5. The third-order valence-electron chi connectivity index (χ3n) is 11.0. The maximum atomic E-state index is 11.2. The second kappa shape index (κ2) is 16.3. The predicted molar refractivity (Wildman–Crippen MR) is 224 cm³/mol. The number of phenols is 4. The Morgan fingerprint density at radius 2 is 0.463 bits per heavy atom. The molecule has 6 heteroatoms. The number of hydrogen-bond donors (Lipinski definition) is 4. The summed E-state index contributed by atoms with van der Waals surface area (Å²) in [6.07, 6.45) is 0. The quantitative estimate of drug-likeness (QED) is 0.151. The van der Waals surface area contributed by atoms with Crippen molar-refractivity contribution in [1.82, 2.24) is 0 Å². The second-order valence-electron chi connectivity index (χ2n) is 19.4. The van der Waals surface area contributed by atoms with E-state index in [4.69, 9.17) is 3.40 Å². The average molecular weight is 821 g/mol. The molecule has 296 valence electrons. The first-order valence-electron chi connectivity index (χ1n) is 18.9. The van der Waals surface area contributed by atoms with Gasteiger partial charge >= 0.3 is 23.2 Å². The Kier molecular flexibility index (Phi) is 14.1. The summed E-state index contributed by atoms with van der Waals surface area (Å²) in [5.41, 5.74) is 14.5. The summed E-state index contributed by atoms with van der Waals surface area (Å²) in [6.45, 7) is 41.6. The molecule has 4 aromatic rings. The van der Waals surface area contributed by atoms with Crippen LogP contribution in [-0.2, 0) is 44.8 Å². The summed E-state index contributed by atoms with van der Waals surface area (Å²) >= 11 is 0.700.